The summed E-state index contributed by atoms with van der Waals surface area (Å²) < 4.78 is 5.97. The van der Waals surface area contributed by atoms with Crippen molar-refractivity contribution in [3.05, 3.63) is 35.9 Å². The standard InChI is InChI=1S/C18H26O2/c1-13(2)16-11-14(3)9-10-18(16)20-12-17(19)15-7-5-4-6-8-15/h4-8,13-14,16,18H,9-12H2,1-3H3/t14-,16-,18+/m0/s1. The number of ether oxygens (including phenoxy) is 1. The van der Waals surface area contributed by atoms with Gasteiger partial charge in [0.25, 0.3) is 0 Å². The Morgan fingerprint density at radius 3 is 2.60 bits per heavy atom. The van der Waals surface area contributed by atoms with Crippen molar-refractivity contribution in [1.29, 1.82) is 0 Å². The maximum atomic E-state index is 12.1. The van der Waals surface area contributed by atoms with Gasteiger partial charge in [-0.3, -0.25) is 4.79 Å². The van der Waals surface area contributed by atoms with Crippen LogP contribution < -0.4 is 0 Å². The Morgan fingerprint density at radius 2 is 1.95 bits per heavy atom. The van der Waals surface area contributed by atoms with E-state index in [2.05, 4.69) is 20.8 Å². The molecule has 1 aromatic carbocycles. The topological polar surface area (TPSA) is 26.3 Å². The van der Waals surface area contributed by atoms with Crippen LogP contribution in [0, 0.1) is 17.8 Å². The second-order valence-corrected chi connectivity index (χ2v) is 6.46. The van der Waals surface area contributed by atoms with Crippen molar-refractivity contribution in [3.8, 4) is 0 Å². The molecule has 110 valence electrons. The molecule has 1 fully saturated rings. The molecule has 1 saturated carbocycles. The van der Waals surface area contributed by atoms with Crippen LogP contribution in [0.15, 0.2) is 30.3 Å². The van der Waals surface area contributed by atoms with Crippen molar-refractivity contribution in [2.24, 2.45) is 17.8 Å². The van der Waals surface area contributed by atoms with E-state index < -0.39 is 0 Å². The van der Waals surface area contributed by atoms with E-state index in [1.54, 1.807) is 0 Å². The average molecular weight is 274 g/mol. The normalized spacial score (nSPS) is 26.7. The van der Waals surface area contributed by atoms with Gasteiger partial charge in [-0.2, -0.15) is 0 Å². The highest BCUT2D eigenvalue weighted by Gasteiger charge is 2.31. The summed E-state index contributed by atoms with van der Waals surface area (Å²) in [6.07, 6.45) is 3.78. The molecule has 0 aliphatic heterocycles. The average Bonchev–Trinajstić information content (AvgIpc) is 2.46. The van der Waals surface area contributed by atoms with E-state index in [1.807, 2.05) is 30.3 Å². The zero-order valence-corrected chi connectivity index (χ0v) is 12.8. The number of rotatable bonds is 5. The lowest BCUT2D eigenvalue weighted by molar-refractivity contribution is -0.0290. The minimum absolute atomic E-state index is 0.0896. The van der Waals surface area contributed by atoms with Crippen LogP contribution in [0.2, 0.25) is 0 Å². The van der Waals surface area contributed by atoms with E-state index in [0.29, 0.717) is 11.8 Å². The van der Waals surface area contributed by atoms with Crippen LogP contribution in [0.25, 0.3) is 0 Å². The van der Waals surface area contributed by atoms with Gasteiger partial charge in [0.15, 0.2) is 5.78 Å². The third-order valence-corrected chi connectivity index (χ3v) is 4.48. The van der Waals surface area contributed by atoms with Crippen LogP contribution in [0.5, 0.6) is 0 Å². The molecule has 0 N–H and O–H groups in total. The van der Waals surface area contributed by atoms with E-state index in [-0.39, 0.29) is 18.5 Å². The summed E-state index contributed by atoms with van der Waals surface area (Å²) in [6, 6.07) is 9.43. The first-order valence-corrected chi connectivity index (χ1v) is 7.77. The zero-order valence-electron chi connectivity index (χ0n) is 12.8. The second-order valence-electron chi connectivity index (χ2n) is 6.46. The van der Waals surface area contributed by atoms with Crippen LogP contribution in [0.3, 0.4) is 0 Å². The zero-order chi connectivity index (χ0) is 14.5. The molecule has 0 heterocycles. The van der Waals surface area contributed by atoms with Gasteiger partial charge < -0.3 is 4.74 Å². The highest BCUT2D eigenvalue weighted by atomic mass is 16.5. The fraction of sp³-hybridized carbons (Fsp3) is 0.611. The molecule has 2 nitrogen and oxygen atoms in total. The van der Waals surface area contributed by atoms with Crippen LogP contribution in [-0.2, 0) is 4.74 Å². The Bertz CT molecular complexity index is 424. The molecule has 0 saturated heterocycles. The van der Waals surface area contributed by atoms with Crippen molar-refractivity contribution in [1.82, 2.24) is 0 Å². The Hall–Kier alpha value is -1.15. The molecule has 1 aliphatic rings. The van der Waals surface area contributed by atoms with Crippen molar-refractivity contribution in [3.63, 3.8) is 0 Å². The van der Waals surface area contributed by atoms with Gasteiger partial charge in [-0.25, -0.2) is 0 Å². The fourth-order valence-electron chi connectivity index (χ4n) is 3.20. The number of ketones is 1. The fourth-order valence-corrected chi connectivity index (χ4v) is 3.20. The maximum Gasteiger partial charge on any atom is 0.188 e. The number of benzene rings is 1. The molecule has 0 unspecified atom stereocenters. The van der Waals surface area contributed by atoms with Crippen LogP contribution in [0.1, 0.15) is 50.4 Å². The highest BCUT2D eigenvalue weighted by Crippen LogP contribution is 2.35. The predicted octanol–water partition coefficient (Wildman–Crippen LogP) is 4.35. The number of carbonyl (C=O) groups excluding carboxylic acids is 1. The van der Waals surface area contributed by atoms with Gasteiger partial charge in [0.1, 0.15) is 6.61 Å². The van der Waals surface area contributed by atoms with E-state index in [1.165, 1.54) is 12.8 Å². The molecule has 3 atom stereocenters. The summed E-state index contributed by atoms with van der Waals surface area (Å²) in [5.41, 5.74) is 0.748. The van der Waals surface area contributed by atoms with E-state index in [4.69, 9.17) is 4.74 Å². The first-order valence-electron chi connectivity index (χ1n) is 7.77. The Kier molecular flexibility index (Phi) is 5.36. The summed E-state index contributed by atoms with van der Waals surface area (Å²) in [7, 11) is 0. The lowest BCUT2D eigenvalue weighted by Crippen LogP contribution is -2.35. The quantitative estimate of drug-likeness (QED) is 0.746. The molecule has 0 aromatic heterocycles. The Balaban J connectivity index is 1.90. The third-order valence-electron chi connectivity index (χ3n) is 4.48. The summed E-state index contributed by atoms with van der Waals surface area (Å²) in [5, 5.41) is 0. The van der Waals surface area contributed by atoms with Crippen LogP contribution in [-0.4, -0.2) is 18.5 Å². The van der Waals surface area contributed by atoms with Crippen molar-refractivity contribution >= 4 is 5.78 Å². The van der Waals surface area contributed by atoms with Gasteiger partial charge in [-0.1, -0.05) is 51.1 Å². The van der Waals surface area contributed by atoms with Gasteiger partial charge in [0.2, 0.25) is 0 Å². The van der Waals surface area contributed by atoms with Crippen molar-refractivity contribution < 1.29 is 9.53 Å². The molecule has 1 aromatic rings. The van der Waals surface area contributed by atoms with Gasteiger partial charge in [-0.15, -0.1) is 0 Å². The predicted molar refractivity (Wildman–Crippen MR) is 81.9 cm³/mol. The first kappa shape index (κ1) is 15.2. The highest BCUT2D eigenvalue weighted by molar-refractivity contribution is 5.97. The summed E-state index contributed by atoms with van der Waals surface area (Å²) >= 11 is 0. The molecular formula is C18H26O2. The lowest BCUT2D eigenvalue weighted by Gasteiger charge is -2.37. The summed E-state index contributed by atoms with van der Waals surface area (Å²) in [5.74, 6) is 2.08. The van der Waals surface area contributed by atoms with Crippen molar-refractivity contribution in [2.45, 2.75) is 46.1 Å². The van der Waals surface area contributed by atoms with Gasteiger partial charge >= 0.3 is 0 Å². The Morgan fingerprint density at radius 1 is 1.25 bits per heavy atom. The van der Waals surface area contributed by atoms with Gasteiger partial charge in [-0.05, 0) is 37.0 Å². The maximum absolute atomic E-state index is 12.1. The smallest absolute Gasteiger partial charge is 0.188 e. The largest absolute Gasteiger partial charge is 0.370 e. The molecule has 2 rings (SSSR count). The molecule has 0 bridgehead atoms. The van der Waals surface area contributed by atoms with E-state index >= 15 is 0 Å². The van der Waals surface area contributed by atoms with Crippen molar-refractivity contribution in [2.75, 3.05) is 6.61 Å². The van der Waals surface area contributed by atoms with Crippen LogP contribution >= 0.6 is 0 Å². The SMILES string of the molecule is CC(C)[C@@H]1C[C@@H](C)CC[C@H]1OCC(=O)c1ccccc1. The monoisotopic (exact) mass is 274 g/mol. The number of hydrogen-bond donors (Lipinski definition) is 0. The second kappa shape index (κ2) is 7.03. The molecule has 0 radical (unpaired) electrons. The van der Waals surface area contributed by atoms with E-state index in [9.17, 15) is 4.79 Å². The molecule has 0 spiro atoms. The Labute approximate surface area is 122 Å². The minimum atomic E-state index is 0.0896. The number of carbonyl (C=O) groups is 1. The molecule has 20 heavy (non-hydrogen) atoms. The molecule has 1 aliphatic carbocycles. The molecular weight excluding hydrogens is 248 g/mol. The van der Waals surface area contributed by atoms with Gasteiger partial charge in [0.05, 0.1) is 6.10 Å². The first-order chi connectivity index (χ1) is 9.58. The molecule has 2 heteroatoms. The minimum Gasteiger partial charge on any atom is -0.370 e. The number of hydrogen-bond acceptors (Lipinski definition) is 2. The van der Waals surface area contributed by atoms with Gasteiger partial charge in [0, 0.05) is 5.56 Å². The third kappa shape index (κ3) is 3.92. The number of Topliss-reactive ketones (excluding diaryl/α,β-unsaturated/α-hetero) is 1. The lowest BCUT2D eigenvalue weighted by atomic mass is 9.75. The summed E-state index contributed by atoms with van der Waals surface area (Å²) in [6.45, 7) is 7.06. The molecule has 0 amide bonds. The van der Waals surface area contributed by atoms with Crippen LogP contribution in [0.4, 0.5) is 0 Å². The summed E-state index contributed by atoms with van der Waals surface area (Å²) in [4.78, 5) is 12.1. The van der Waals surface area contributed by atoms with E-state index in [0.717, 1.165) is 17.9 Å².